The van der Waals surface area contributed by atoms with E-state index in [-0.39, 0.29) is 11.7 Å². The molecule has 0 aliphatic carbocycles. The van der Waals surface area contributed by atoms with Crippen molar-refractivity contribution in [2.75, 3.05) is 14.2 Å². The number of nitrogens with zero attached hydrogens (tertiary/aromatic N) is 2. The average molecular weight is 266 g/mol. The Balaban J connectivity index is 2.25. The Bertz CT molecular complexity index is 553. The molecule has 1 amide bonds. The van der Waals surface area contributed by atoms with Gasteiger partial charge in [0.1, 0.15) is 16.5 Å². The number of amides is 1. The van der Waals surface area contributed by atoms with Crippen LogP contribution in [0.15, 0.2) is 29.6 Å². The first-order valence-corrected chi connectivity index (χ1v) is 6.03. The van der Waals surface area contributed by atoms with Crippen LogP contribution < -0.4 is 0 Å². The van der Waals surface area contributed by atoms with E-state index in [1.165, 1.54) is 37.6 Å². The second-order valence-corrected chi connectivity index (χ2v) is 4.39. The minimum absolute atomic E-state index is 0.300. The van der Waals surface area contributed by atoms with E-state index in [0.29, 0.717) is 10.7 Å². The first-order chi connectivity index (χ1) is 8.61. The summed E-state index contributed by atoms with van der Waals surface area (Å²) in [6.45, 7) is 0. The van der Waals surface area contributed by atoms with Gasteiger partial charge < -0.3 is 0 Å². The monoisotopic (exact) mass is 266 g/mol. The number of hydrogen-bond acceptors (Lipinski definition) is 4. The maximum Gasteiger partial charge on any atom is 0.296 e. The molecule has 0 saturated heterocycles. The zero-order chi connectivity index (χ0) is 13.1. The number of hydrogen-bond donors (Lipinski definition) is 0. The summed E-state index contributed by atoms with van der Waals surface area (Å²) in [5.41, 5.74) is 1.09. The second kappa shape index (κ2) is 5.24. The fourth-order valence-corrected chi connectivity index (χ4v) is 2.14. The van der Waals surface area contributed by atoms with E-state index in [1.807, 2.05) is 0 Å². The van der Waals surface area contributed by atoms with Crippen LogP contribution in [0.3, 0.4) is 0 Å². The summed E-state index contributed by atoms with van der Waals surface area (Å²) in [6.07, 6.45) is 0. The molecule has 18 heavy (non-hydrogen) atoms. The highest BCUT2D eigenvalue weighted by atomic mass is 32.1. The third-order valence-corrected chi connectivity index (χ3v) is 3.27. The van der Waals surface area contributed by atoms with Crippen LogP contribution in [0, 0.1) is 5.82 Å². The van der Waals surface area contributed by atoms with Crippen LogP contribution in [0.1, 0.15) is 10.5 Å². The Morgan fingerprint density at radius 2 is 2.06 bits per heavy atom. The van der Waals surface area contributed by atoms with Gasteiger partial charge in [-0.2, -0.15) is 0 Å². The molecule has 2 aromatic rings. The molecule has 0 atom stereocenters. The van der Waals surface area contributed by atoms with Crippen molar-refractivity contribution in [1.29, 1.82) is 0 Å². The molecule has 0 saturated carbocycles. The third kappa shape index (κ3) is 2.55. The number of aromatic nitrogens is 1. The van der Waals surface area contributed by atoms with E-state index in [0.717, 1.165) is 10.6 Å². The van der Waals surface area contributed by atoms with Crippen molar-refractivity contribution in [3.8, 4) is 10.6 Å². The molecule has 2 rings (SSSR count). The molecule has 0 unspecified atom stereocenters. The average Bonchev–Trinajstić information content (AvgIpc) is 2.87. The zero-order valence-electron chi connectivity index (χ0n) is 9.88. The van der Waals surface area contributed by atoms with E-state index >= 15 is 0 Å². The summed E-state index contributed by atoms with van der Waals surface area (Å²) >= 11 is 1.33. The van der Waals surface area contributed by atoms with Gasteiger partial charge in [-0.1, -0.05) is 0 Å². The summed E-state index contributed by atoms with van der Waals surface area (Å²) in [6, 6.07) is 5.98. The van der Waals surface area contributed by atoms with E-state index in [2.05, 4.69) is 4.98 Å². The maximum absolute atomic E-state index is 12.8. The van der Waals surface area contributed by atoms with Gasteiger partial charge in [0.25, 0.3) is 5.91 Å². The number of carbonyl (C=O) groups excluding carboxylic acids is 1. The molecule has 0 aliphatic rings. The number of halogens is 1. The molecule has 0 aliphatic heterocycles. The molecule has 94 valence electrons. The molecular weight excluding hydrogens is 255 g/mol. The third-order valence-electron chi connectivity index (χ3n) is 2.37. The lowest BCUT2D eigenvalue weighted by molar-refractivity contribution is -0.0760. The van der Waals surface area contributed by atoms with Crippen molar-refractivity contribution < 1.29 is 14.0 Å². The molecule has 1 aromatic heterocycles. The van der Waals surface area contributed by atoms with Crippen molar-refractivity contribution in [1.82, 2.24) is 10.0 Å². The van der Waals surface area contributed by atoms with Crippen LogP contribution in [-0.2, 0) is 4.84 Å². The zero-order valence-corrected chi connectivity index (χ0v) is 10.7. The Morgan fingerprint density at radius 3 is 2.67 bits per heavy atom. The molecule has 1 heterocycles. The number of rotatable bonds is 3. The smallest absolute Gasteiger partial charge is 0.274 e. The van der Waals surface area contributed by atoms with Gasteiger partial charge in [0.15, 0.2) is 0 Å². The number of hydroxylamine groups is 2. The Kier molecular flexibility index (Phi) is 3.69. The van der Waals surface area contributed by atoms with Crippen LogP contribution >= 0.6 is 11.3 Å². The summed E-state index contributed by atoms with van der Waals surface area (Å²) in [7, 11) is 2.92. The van der Waals surface area contributed by atoms with Crippen molar-refractivity contribution in [2.45, 2.75) is 0 Å². The normalized spacial score (nSPS) is 10.4. The van der Waals surface area contributed by atoms with E-state index in [1.54, 1.807) is 17.5 Å². The lowest BCUT2D eigenvalue weighted by atomic mass is 10.2. The van der Waals surface area contributed by atoms with Gasteiger partial charge in [0, 0.05) is 18.0 Å². The first-order valence-electron chi connectivity index (χ1n) is 5.15. The van der Waals surface area contributed by atoms with Gasteiger partial charge in [0.05, 0.1) is 7.11 Å². The van der Waals surface area contributed by atoms with Gasteiger partial charge >= 0.3 is 0 Å². The van der Waals surface area contributed by atoms with Gasteiger partial charge in [-0.15, -0.1) is 11.3 Å². The summed E-state index contributed by atoms with van der Waals surface area (Å²) < 4.78 is 12.8. The molecule has 0 spiro atoms. The van der Waals surface area contributed by atoms with Crippen molar-refractivity contribution in [3.63, 3.8) is 0 Å². The standard InChI is InChI=1S/C12H11FN2O2S/c1-15(17-2)12(16)10-7-18-11(14-10)8-3-5-9(13)6-4-8/h3-7H,1-2H3. The largest absolute Gasteiger partial charge is 0.296 e. The van der Waals surface area contributed by atoms with E-state index in [4.69, 9.17) is 4.84 Å². The predicted octanol–water partition coefficient (Wildman–Crippen LogP) is 2.58. The fourth-order valence-electron chi connectivity index (χ4n) is 1.34. The lowest BCUT2D eigenvalue weighted by Gasteiger charge is -2.11. The van der Waals surface area contributed by atoms with Crippen LogP contribution in [0.25, 0.3) is 10.6 Å². The second-order valence-electron chi connectivity index (χ2n) is 3.53. The highest BCUT2D eigenvalue weighted by Crippen LogP contribution is 2.24. The molecule has 0 fully saturated rings. The van der Waals surface area contributed by atoms with Crippen LogP contribution in [0.2, 0.25) is 0 Å². The van der Waals surface area contributed by atoms with Crippen LogP contribution in [-0.4, -0.2) is 30.1 Å². The van der Waals surface area contributed by atoms with Gasteiger partial charge in [-0.3, -0.25) is 9.63 Å². The van der Waals surface area contributed by atoms with Crippen molar-refractivity contribution in [3.05, 3.63) is 41.2 Å². The van der Waals surface area contributed by atoms with Crippen molar-refractivity contribution in [2.24, 2.45) is 0 Å². The minimum atomic E-state index is -0.317. The van der Waals surface area contributed by atoms with Crippen LogP contribution in [0.5, 0.6) is 0 Å². The summed E-state index contributed by atoms with van der Waals surface area (Å²) in [5.74, 6) is -0.618. The fraction of sp³-hybridized carbons (Fsp3) is 0.167. The van der Waals surface area contributed by atoms with Gasteiger partial charge in [0.2, 0.25) is 0 Å². The highest BCUT2D eigenvalue weighted by Gasteiger charge is 2.15. The van der Waals surface area contributed by atoms with E-state index < -0.39 is 0 Å². The van der Waals surface area contributed by atoms with E-state index in [9.17, 15) is 9.18 Å². The molecule has 0 bridgehead atoms. The Hall–Kier alpha value is -1.79. The molecule has 6 heteroatoms. The highest BCUT2D eigenvalue weighted by molar-refractivity contribution is 7.13. The van der Waals surface area contributed by atoms with Crippen molar-refractivity contribution >= 4 is 17.2 Å². The van der Waals surface area contributed by atoms with Gasteiger partial charge in [-0.05, 0) is 24.3 Å². The summed E-state index contributed by atoms with van der Waals surface area (Å²) in [4.78, 5) is 20.8. The minimum Gasteiger partial charge on any atom is -0.274 e. The maximum atomic E-state index is 12.8. The topological polar surface area (TPSA) is 42.4 Å². The van der Waals surface area contributed by atoms with Crippen LogP contribution in [0.4, 0.5) is 4.39 Å². The lowest BCUT2D eigenvalue weighted by Crippen LogP contribution is -2.25. The summed E-state index contributed by atoms with van der Waals surface area (Å²) in [5, 5.41) is 3.42. The van der Waals surface area contributed by atoms with Gasteiger partial charge in [-0.25, -0.2) is 14.4 Å². The predicted molar refractivity (Wildman–Crippen MR) is 66.6 cm³/mol. The molecule has 0 radical (unpaired) electrons. The molecular formula is C12H11FN2O2S. The first kappa shape index (κ1) is 12.7. The Morgan fingerprint density at radius 1 is 1.39 bits per heavy atom. The SMILES string of the molecule is CON(C)C(=O)c1csc(-c2ccc(F)cc2)n1. The number of benzene rings is 1. The number of thiazole rings is 1. The Labute approximate surface area is 108 Å². The molecule has 1 aromatic carbocycles. The molecule has 4 nitrogen and oxygen atoms in total. The number of carbonyl (C=O) groups is 1. The quantitative estimate of drug-likeness (QED) is 0.802. The molecule has 0 N–H and O–H groups in total.